The third-order valence-electron chi connectivity index (χ3n) is 1.90. The quantitative estimate of drug-likeness (QED) is 0.525. The van der Waals surface area contributed by atoms with E-state index in [9.17, 15) is 4.79 Å². The van der Waals surface area contributed by atoms with Crippen LogP contribution in [0.2, 0.25) is 0 Å². The molecular weight excluding hydrogens is 156 g/mol. The molecule has 0 aromatic heterocycles. The van der Waals surface area contributed by atoms with Gasteiger partial charge in [0.2, 0.25) is 0 Å². The third kappa shape index (κ3) is 2.20. The van der Waals surface area contributed by atoms with Gasteiger partial charge >= 0.3 is 6.03 Å². The van der Waals surface area contributed by atoms with E-state index >= 15 is 0 Å². The molecule has 12 heavy (non-hydrogen) atoms. The number of carbonyl (C=O) groups is 1. The van der Waals surface area contributed by atoms with Gasteiger partial charge in [0, 0.05) is 19.0 Å². The highest BCUT2D eigenvalue weighted by Crippen LogP contribution is 2.10. The van der Waals surface area contributed by atoms with Crippen LogP contribution in [0.1, 0.15) is 6.92 Å². The molecule has 0 radical (unpaired) electrons. The molecule has 1 unspecified atom stereocenters. The van der Waals surface area contributed by atoms with Crippen molar-refractivity contribution < 1.29 is 4.79 Å². The minimum atomic E-state index is -0.607. The number of rotatable bonds is 1. The van der Waals surface area contributed by atoms with Gasteiger partial charge in [-0.15, -0.1) is 0 Å². The molecule has 1 aliphatic heterocycles. The van der Waals surface area contributed by atoms with Gasteiger partial charge in [-0.1, -0.05) is 6.92 Å². The average molecular weight is 170 g/mol. The largest absolute Gasteiger partial charge is 0.350 e. The van der Waals surface area contributed by atoms with Crippen molar-refractivity contribution in [2.24, 2.45) is 16.8 Å². The van der Waals surface area contributed by atoms with Crippen LogP contribution in [0.5, 0.6) is 0 Å². The molecule has 1 saturated heterocycles. The van der Waals surface area contributed by atoms with Gasteiger partial charge in [0.05, 0.1) is 5.71 Å². The molecule has 0 saturated carbocycles. The van der Waals surface area contributed by atoms with Crippen LogP contribution >= 0.6 is 0 Å². The number of nitrogens with one attached hydrogen (secondary N) is 1. The van der Waals surface area contributed by atoms with Crippen molar-refractivity contribution in [1.29, 1.82) is 0 Å². The van der Waals surface area contributed by atoms with Crippen molar-refractivity contribution in [2.75, 3.05) is 20.1 Å². The summed E-state index contributed by atoms with van der Waals surface area (Å²) in [6.45, 7) is 3.87. The number of nitrogens with zero attached hydrogens (tertiary/aromatic N) is 2. The predicted octanol–water partition coefficient (Wildman–Crippen LogP) is -0.408. The summed E-state index contributed by atoms with van der Waals surface area (Å²) in [5.41, 5.74) is 8.10. The Balaban J connectivity index is 2.51. The summed E-state index contributed by atoms with van der Waals surface area (Å²) < 4.78 is 0. The number of amides is 2. The van der Waals surface area contributed by atoms with Crippen LogP contribution in [-0.2, 0) is 0 Å². The molecule has 0 aromatic rings. The molecule has 1 atom stereocenters. The second-order valence-corrected chi connectivity index (χ2v) is 3.18. The first-order valence-corrected chi connectivity index (χ1v) is 3.90. The minimum Gasteiger partial charge on any atom is -0.350 e. The molecule has 5 heteroatoms. The Labute approximate surface area is 71.6 Å². The number of carbonyl (C=O) groups excluding carboxylic acids is 1. The fourth-order valence-corrected chi connectivity index (χ4v) is 1.34. The molecule has 3 N–H and O–H groups in total. The number of hydrogen-bond acceptors (Lipinski definition) is 3. The first kappa shape index (κ1) is 8.99. The second-order valence-electron chi connectivity index (χ2n) is 3.18. The number of primary amides is 1. The fraction of sp³-hybridized carbons (Fsp3) is 0.714. The number of hydrogen-bond donors (Lipinski definition) is 2. The smallest absolute Gasteiger partial charge is 0.332 e. The molecule has 1 fully saturated rings. The lowest BCUT2D eigenvalue weighted by atomic mass is 10.1. The summed E-state index contributed by atoms with van der Waals surface area (Å²) in [5, 5.41) is 3.90. The average Bonchev–Trinajstić information content (AvgIpc) is 2.26. The molecule has 0 aliphatic carbocycles. The van der Waals surface area contributed by atoms with Crippen molar-refractivity contribution in [3.63, 3.8) is 0 Å². The van der Waals surface area contributed by atoms with Gasteiger partial charge in [0.25, 0.3) is 0 Å². The fourth-order valence-electron chi connectivity index (χ4n) is 1.34. The maximum Gasteiger partial charge on any atom is 0.332 e. The van der Waals surface area contributed by atoms with E-state index < -0.39 is 6.03 Å². The van der Waals surface area contributed by atoms with E-state index in [1.807, 2.05) is 7.05 Å². The Hall–Kier alpha value is -1.10. The molecular formula is C7H14N4O. The number of urea groups is 1. The normalized spacial score (nSPS) is 27.8. The van der Waals surface area contributed by atoms with Crippen LogP contribution in [0.15, 0.2) is 5.10 Å². The summed E-state index contributed by atoms with van der Waals surface area (Å²) in [6.07, 6.45) is 0. The van der Waals surface area contributed by atoms with Gasteiger partial charge in [-0.25, -0.2) is 10.2 Å². The molecule has 2 amide bonds. The highest BCUT2D eigenvalue weighted by atomic mass is 16.2. The molecule has 1 heterocycles. The highest BCUT2D eigenvalue weighted by Gasteiger charge is 2.22. The Morgan fingerprint density at radius 2 is 2.50 bits per heavy atom. The van der Waals surface area contributed by atoms with E-state index in [1.54, 1.807) is 0 Å². The lowest BCUT2D eigenvalue weighted by Gasteiger charge is -2.02. The van der Waals surface area contributed by atoms with Gasteiger partial charge in [-0.05, 0) is 7.05 Å². The summed E-state index contributed by atoms with van der Waals surface area (Å²) in [6, 6.07) is -0.607. The lowest BCUT2D eigenvalue weighted by Crippen LogP contribution is -2.27. The van der Waals surface area contributed by atoms with Gasteiger partial charge in [0.15, 0.2) is 0 Å². The van der Waals surface area contributed by atoms with Crippen LogP contribution < -0.4 is 11.2 Å². The molecule has 0 spiro atoms. The first-order valence-electron chi connectivity index (χ1n) is 3.90. The SMILES string of the molecule is CC1CN(C)C/C1=N\NC(N)=O. The maximum atomic E-state index is 10.3. The van der Waals surface area contributed by atoms with Crippen LogP contribution in [0.4, 0.5) is 4.79 Å². The van der Waals surface area contributed by atoms with E-state index in [4.69, 9.17) is 5.73 Å². The van der Waals surface area contributed by atoms with Crippen LogP contribution in [-0.4, -0.2) is 36.8 Å². The van der Waals surface area contributed by atoms with Gasteiger partial charge in [0.1, 0.15) is 0 Å². The van der Waals surface area contributed by atoms with Crippen molar-refractivity contribution in [2.45, 2.75) is 6.92 Å². The molecule has 5 nitrogen and oxygen atoms in total. The second kappa shape index (κ2) is 3.53. The molecule has 0 bridgehead atoms. The highest BCUT2D eigenvalue weighted by molar-refractivity contribution is 5.91. The van der Waals surface area contributed by atoms with E-state index in [0.29, 0.717) is 5.92 Å². The summed E-state index contributed by atoms with van der Waals surface area (Å²) in [4.78, 5) is 12.5. The number of hydrazone groups is 1. The van der Waals surface area contributed by atoms with Crippen molar-refractivity contribution in [3.05, 3.63) is 0 Å². The molecule has 1 aliphatic rings. The standard InChI is InChI=1S/C7H14N4O/c1-5-3-11(2)4-6(5)9-10-7(8)12/h5H,3-4H2,1-2H3,(H3,8,10,12)/b9-6+. The Morgan fingerprint density at radius 1 is 1.83 bits per heavy atom. The van der Waals surface area contributed by atoms with Crippen molar-refractivity contribution >= 4 is 11.7 Å². The zero-order chi connectivity index (χ0) is 9.14. The number of likely N-dealkylation sites (tertiary alicyclic amines) is 1. The van der Waals surface area contributed by atoms with Gasteiger partial charge < -0.3 is 10.6 Å². The summed E-state index contributed by atoms with van der Waals surface area (Å²) >= 11 is 0. The zero-order valence-electron chi connectivity index (χ0n) is 7.37. The van der Waals surface area contributed by atoms with Crippen molar-refractivity contribution in [1.82, 2.24) is 10.3 Å². The van der Waals surface area contributed by atoms with E-state index in [1.165, 1.54) is 0 Å². The van der Waals surface area contributed by atoms with Crippen LogP contribution in [0, 0.1) is 5.92 Å². The van der Waals surface area contributed by atoms with E-state index in [-0.39, 0.29) is 0 Å². The predicted molar refractivity (Wildman–Crippen MR) is 46.8 cm³/mol. The van der Waals surface area contributed by atoms with E-state index in [0.717, 1.165) is 18.8 Å². The monoisotopic (exact) mass is 170 g/mol. The van der Waals surface area contributed by atoms with E-state index in [2.05, 4.69) is 22.4 Å². The van der Waals surface area contributed by atoms with Crippen LogP contribution in [0.25, 0.3) is 0 Å². The maximum absolute atomic E-state index is 10.3. The van der Waals surface area contributed by atoms with Crippen molar-refractivity contribution in [3.8, 4) is 0 Å². The Morgan fingerprint density at radius 3 is 2.92 bits per heavy atom. The van der Waals surface area contributed by atoms with Gasteiger partial charge in [-0.3, -0.25) is 0 Å². The van der Waals surface area contributed by atoms with Gasteiger partial charge in [-0.2, -0.15) is 5.10 Å². The Kier molecular flexibility index (Phi) is 2.65. The van der Waals surface area contributed by atoms with Crippen LogP contribution in [0.3, 0.4) is 0 Å². The summed E-state index contributed by atoms with van der Waals surface area (Å²) in [7, 11) is 2.02. The topological polar surface area (TPSA) is 70.7 Å². The lowest BCUT2D eigenvalue weighted by molar-refractivity contribution is 0.249. The Bertz CT molecular complexity index is 213. The first-order chi connectivity index (χ1) is 5.59. The number of nitrogens with two attached hydrogens (primary N) is 1. The summed E-state index contributed by atoms with van der Waals surface area (Å²) in [5.74, 6) is 0.404. The molecule has 0 aromatic carbocycles. The third-order valence-corrected chi connectivity index (χ3v) is 1.90. The molecule has 68 valence electrons. The molecule has 1 rings (SSSR count). The zero-order valence-corrected chi connectivity index (χ0v) is 7.37. The minimum absolute atomic E-state index is 0.404.